The number of ether oxygens (including phenoxy) is 1. The highest BCUT2D eigenvalue weighted by atomic mass is 79.9. The molecular weight excluding hydrogens is 282 g/mol. The molecule has 4 heteroatoms. The highest BCUT2D eigenvalue weighted by Gasteiger charge is 2.05. The number of carbonyl (C=O) groups is 1. The maximum absolute atomic E-state index is 11.2. The second-order valence-corrected chi connectivity index (χ2v) is 4.75. The molecule has 1 aromatic carbocycles. The minimum absolute atomic E-state index is 0.146. The van der Waals surface area contributed by atoms with Crippen LogP contribution in [0, 0.1) is 0 Å². The summed E-state index contributed by atoms with van der Waals surface area (Å²) in [6.45, 7) is 2.26. The Morgan fingerprint density at radius 2 is 2.24 bits per heavy atom. The first kappa shape index (κ1) is 12.2. The Bertz CT molecular complexity index is 533. The van der Waals surface area contributed by atoms with Gasteiger partial charge in [-0.3, -0.25) is 4.79 Å². The molecule has 1 N–H and O–H groups in total. The lowest BCUT2D eigenvalue weighted by atomic mass is 10.2. The summed E-state index contributed by atoms with van der Waals surface area (Å²) in [7, 11) is 0. The van der Waals surface area contributed by atoms with Gasteiger partial charge in [0.05, 0.1) is 13.0 Å². The average molecular weight is 296 g/mol. The van der Waals surface area contributed by atoms with E-state index in [2.05, 4.69) is 33.0 Å². The van der Waals surface area contributed by atoms with Gasteiger partial charge in [-0.2, -0.15) is 0 Å². The summed E-state index contributed by atoms with van der Waals surface area (Å²) in [5.74, 6) is -0.146. The SMILES string of the molecule is CCOC(=O)CCc1cc2cc(Br)ccc2[nH]1. The van der Waals surface area contributed by atoms with Gasteiger partial charge in [-0.05, 0) is 37.6 Å². The Balaban J connectivity index is 2.07. The first-order chi connectivity index (χ1) is 8.19. The minimum Gasteiger partial charge on any atom is -0.466 e. The predicted molar refractivity (Wildman–Crippen MR) is 71.0 cm³/mol. The molecule has 0 saturated carbocycles. The summed E-state index contributed by atoms with van der Waals surface area (Å²) in [5, 5.41) is 1.15. The number of H-pyrrole nitrogens is 1. The van der Waals surface area contributed by atoms with Crippen molar-refractivity contribution in [2.45, 2.75) is 19.8 Å². The number of benzene rings is 1. The highest BCUT2D eigenvalue weighted by molar-refractivity contribution is 9.10. The van der Waals surface area contributed by atoms with Crippen molar-refractivity contribution in [3.05, 3.63) is 34.4 Å². The summed E-state index contributed by atoms with van der Waals surface area (Å²) in [5.41, 5.74) is 2.15. The highest BCUT2D eigenvalue weighted by Crippen LogP contribution is 2.21. The van der Waals surface area contributed by atoms with Crippen molar-refractivity contribution in [3.8, 4) is 0 Å². The van der Waals surface area contributed by atoms with Crippen molar-refractivity contribution in [2.75, 3.05) is 6.61 Å². The molecule has 0 radical (unpaired) electrons. The largest absolute Gasteiger partial charge is 0.466 e. The molecule has 0 saturated heterocycles. The molecule has 1 aromatic heterocycles. The van der Waals surface area contributed by atoms with Crippen LogP contribution in [0.4, 0.5) is 0 Å². The van der Waals surface area contributed by atoms with E-state index in [0.29, 0.717) is 19.4 Å². The molecule has 0 fully saturated rings. The molecule has 0 aliphatic carbocycles. The van der Waals surface area contributed by atoms with Crippen molar-refractivity contribution in [1.82, 2.24) is 4.98 Å². The van der Waals surface area contributed by atoms with Crippen LogP contribution in [0.3, 0.4) is 0 Å². The zero-order valence-electron chi connectivity index (χ0n) is 9.63. The number of hydrogen-bond donors (Lipinski definition) is 1. The average Bonchev–Trinajstić information content (AvgIpc) is 2.68. The van der Waals surface area contributed by atoms with E-state index in [4.69, 9.17) is 4.74 Å². The monoisotopic (exact) mass is 295 g/mol. The second kappa shape index (κ2) is 5.36. The number of hydrogen-bond acceptors (Lipinski definition) is 2. The molecular formula is C13H14BrNO2. The fraction of sp³-hybridized carbons (Fsp3) is 0.308. The van der Waals surface area contributed by atoms with Gasteiger partial charge in [-0.25, -0.2) is 0 Å². The molecule has 2 rings (SSSR count). The number of nitrogens with one attached hydrogen (secondary N) is 1. The Morgan fingerprint density at radius 3 is 3.00 bits per heavy atom. The molecule has 0 aliphatic heterocycles. The third kappa shape index (κ3) is 3.09. The van der Waals surface area contributed by atoms with Crippen LogP contribution in [0.15, 0.2) is 28.7 Å². The van der Waals surface area contributed by atoms with Crippen LogP contribution in [-0.4, -0.2) is 17.6 Å². The number of fused-ring (bicyclic) bond motifs is 1. The van der Waals surface area contributed by atoms with E-state index in [0.717, 1.165) is 21.1 Å². The van der Waals surface area contributed by atoms with Crippen LogP contribution >= 0.6 is 15.9 Å². The summed E-state index contributed by atoms with van der Waals surface area (Å²) in [4.78, 5) is 14.5. The van der Waals surface area contributed by atoms with Gasteiger partial charge in [0.2, 0.25) is 0 Å². The van der Waals surface area contributed by atoms with Gasteiger partial charge in [-0.1, -0.05) is 15.9 Å². The number of carbonyl (C=O) groups excluding carboxylic acids is 1. The number of halogens is 1. The predicted octanol–water partition coefficient (Wildman–Crippen LogP) is 3.43. The second-order valence-electron chi connectivity index (χ2n) is 3.83. The molecule has 1 heterocycles. The maximum atomic E-state index is 11.2. The first-order valence-corrected chi connectivity index (χ1v) is 6.41. The molecule has 0 atom stereocenters. The van der Waals surface area contributed by atoms with Crippen molar-refractivity contribution in [3.63, 3.8) is 0 Å². The minimum atomic E-state index is -0.146. The molecule has 0 bridgehead atoms. The normalized spacial score (nSPS) is 10.7. The van der Waals surface area contributed by atoms with E-state index in [1.165, 1.54) is 0 Å². The van der Waals surface area contributed by atoms with Crippen molar-refractivity contribution < 1.29 is 9.53 Å². The van der Waals surface area contributed by atoms with E-state index < -0.39 is 0 Å². The Hall–Kier alpha value is -1.29. The topological polar surface area (TPSA) is 42.1 Å². The van der Waals surface area contributed by atoms with Gasteiger partial charge in [0, 0.05) is 21.1 Å². The summed E-state index contributed by atoms with van der Waals surface area (Å²) < 4.78 is 5.95. The number of aromatic nitrogens is 1. The van der Waals surface area contributed by atoms with Crippen LogP contribution < -0.4 is 0 Å². The fourth-order valence-electron chi connectivity index (χ4n) is 1.77. The summed E-state index contributed by atoms with van der Waals surface area (Å²) in [6.07, 6.45) is 1.10. The number of rotatable bonds is 4. The van der Waals surface area contributed by atoms with Crippen molar-refractivity contribution in [2.24, 2.45) is 0 Å². The van der Waals surface area contributed by atoms with Gasteiger partial charge in [0.15, 0.2) is 0 Å². The molecule has 0 amide bonds. The summed E-state index contributed by atoms with van der Waals surface area (Å²) in [6, 6.07) is 8.14. The quantitative estimate of drug-likeness (QED) is 0.878. The number of aryl methyl sites for hydroxylation is 1. The van der Waals surface area contributed by atoms with E-state index >= 15 is 0 Å². The van der Waals surface area contributed by atoms with Crippen LogP contribution in [-0.2, 0) is 16.0 Å². The van der Waals surface area contributed by atoms with Gasteiger partial charge >= 0.3 is 5.97 Å². The van der Waals surface area contributed by atoms with Crippen LogP contribution in [0.1, 0.15) is 19.0 Å². The smallest absolute Gasteiger partial charge is 0.306 e. The molecule has 0 unspecified atom stereocenters. The standard InChI is InChI=1S/C13H14BrNO2/c1-2-17-13(16)6-4-11-8-9-7-10(14)3-5-12(9)15-11/h3,5,7-8,15H,2,4,6H2,1H3. The van der Waals surface area contributed by atoms with Crippen molar-refractivity contribution in [1.29, 1.82) is 0 Å². The Labute approximate surface area is 108 Å². The molecule has 3 nitrogen and oxygen atoms in total. The number of aromatic amines is 1. The summed E-state index contributed by atoms with van der Waals surface area (Å²) >= 11 is 3.44. The van der Waals surface area contributed by atoms with Gasteiger partial charge in [0.1, 0.15) is 0 Å². The third-order valence-corrected chi connectivity index (χ3v) is 3.04. The maximum Gasteiger partial charge on any atom is 0.306 e. The van der Waals surface area contributed by atoms with Crippen LogP contribution in [0.25, 0.3) is 10.9 Å². The van der Waals surface area contributed by atoms with Gasteiger partial charge in [-0.15, -0.1) is 0 Å². The zero-order valence-corrected chi connectivity index (χ0v) is 11.2. The van der Waals surface area contributed by atoms with E-state index in [1.54, 1.807) is 0 Å². The lowest BCUT2D eigenvalue weighted by Gasteiger charge is -1.99. The zero-order chi connectivity index (χ0) is 12.3. The van der Waals surface area contributed by atoms with E-state index in [-0.39, 0.29) is 5.97 Å². The fourth-order valence-corrected chi connectivity index (χ4v) is 2.15. The van der Waals surface area contributed by atoms with Crippen LogP contribution in [0.2, 0.25) is 0 Å². The molecule has 17 heavy (non-hydrogen) atoms. The molecule has 2 aromatic rings. The Kier molecular flexibility index (Phi) is 3.84. The van der Waals surface area contributed by atoms with E-state index in [9.17, 15) is 4.79 Å². The molecule has 90 valence electrons. The third-order valence-electron chi connectivity index (χ3n) is 2.54. The van der Waals surface area contributed by atoms with Gasteiger partial charge < -0.3 is 9.72 Å². The first-order valence-electron chi connectivity index (χ1n) is 5.62. The number of esters is 1. The Morgan fingerprint density at radius 1 is 1.41 bits per heavy atom. The molecule has 0 aliphatic rings. The van der Waals surface area contributed by atoms with E-state index in [1.807, 2.05) is 19.1 Å². The lowest BCUT2D eigenvalue weighted by Crippen LogP contribution is -2.05. The van der Waals surface area contributed by atoms with Crippen molar-refractivity contribution >= 4 is 32.8 Å². The van der Waals surface area contributed by atoms with Gasteiger partial charge in [0.25, 0.3) is 0 Å². The lowest BCUT2D eigenvalue weighted by molar-refractivity contribution is -0.143. The molecule has 0 spiro atoms. The van der Waals surface area contributed by atoms with Crippen LogP contribution in [0.5, 0.6) is 0 Å².